The van der Waals surface area contributed by atoms with Crippen LogP contribution in [0, 0.1) is 0 Å². The summed E-state index contributed by atoms with van der Waals surface area (Å²) < 4.78 is 5.26. The first-order valence-corrected chi connectivity index (χ1v) is 7.69. The quantitative estimate of drug-likeness (QED) is 0.532. The van der Waals surface area contributed by atoms with Crippen molar-refractivity contribution in [3.8, 4) is 5.75 Å². The molecule has 0 atom stereocenters. The van der Waals surface area contributed by atoms with Crippen LogP contribution >= 0.6 is 0 Å². The molecular weight excluding hydrogens is 302 g/mol. The third-order valence-corrected chi connectivity index (χ3v) is 4.02. The molecule has 0 aliphatic carbocycles. The molecule has 0 aliphatic heterocycles. The van der Waals surface area contributed by atoms with Crippen molar-refractivity contribution in [3.05, 3.63) is 60.4 Å². The SMILES string of the molecule is COc1ccc2cc(Nc3ccc4nc(CO)[nH]c4c3)ccc2c1. The fourth-order valence-corrected chi connectivity index (χ4v) is 2.81. The number of aliphatic hydroxyl groups excluding tert-OH is 1. The van der Waals surface area contributed by atoms with Crippen molar-refractivity contribution in [1.82, 2.24) is 9.97 Å². The molecule has 4 rings (SSSR count). The Morgan fingerprint density at radius 3 is 2.58 bits per heavy atom. The number of aliphatic hydroxyl groups is 1. The smallest absolute Gasteiger partial charge is 0.133 e. The molecule has 0 aliphatic rings. The molecule has 1 aromatic heterocycles. The highest BCUT2D eigenvalue weighted by atomic mass is 16.5. The van der Waals surface area contributed by atoms with Crippen molar-refractivity contribution in [2.75, 3.05) is 12.4 Å². The third kappa shape index (κ3) is 2.66. The lowest BCUT2D eigenvalue weighted by atomic mass is 10.1. The van der Waals surface area contributed by atoms with E-state index in [2.05, 4.69) is 27.4 Å². The Hall–Kier alpha value is -3.05. The van der Waals surface area contributed by atoms with E-state index in [1.54, 1.807) is 7.11 Å². The minimum atomic E-state index is -0.0917. The Kier molecular flexibility index (Phi) is 3.55. The number of hydrogen-bond donors (Lipinski definition) is 3. The summed E-state index contributed by atoms with van der Waals surface area (Å²) in [5, 5.41) is 14.8. The van der Waals surface area contributed by atoms with Crippen molar-refractivity contribution in [2.24, 2.45) is 0 Å². The van der Waals surface area contributed by atoms with Crippen LogP contribution in [0.4, 0.5) is 11.4 Å². The van der Waals surface area contributed by atoms with Crippen molar-refractivity contribution in [3.63, 3.8) is 0 Å². The normalized spacial score (nSPS) is 11.1. The molecule has 0 saturated heterocycles. The molecule has 3 aromatic carbocycles. The lowest BCUT2D eigenvalue weighted by Gasteiger charge is -2.08. The molecule has 0 spiro atoms. The van der Waals surface area contributed by atoms with Gasteiger partial charge in [0.15, 0.2) is 0 Å². The van der Waals surface area contributed by atoms with Crippen LogP contribution in [0.25, 0.3) is 21.8 Å². The van der Waals surface area contributed by atoms with Gasteiger partial charge in [0.05, 0.1) is 18.1 Å². The molecule has 4 aromatic rings. The van der Waals surface area contributed by atoms with E-state index in [0.29, 0.717) is 5.82 Å². The van der Waals surface area contributed by atoms with Crippen LogP contribution < -0.4 is 10.1 Å². The van der Waals surface area contributed by atoms with E-state index in [1.165, 1.54) is 0 Å². The number of H-pyrrole nitrogens is 1. The molecule has 0 fully saturated rings. The van der Waals surface area contributed by atoms with Gasteiger partial charge < -0.3 is 20.1 Å². The Bertz CT molecular complexity index is 1020. The minimum absolute atomic E-state index is 0.0917. The van der Waals surface area contributed by atoms with Gasteiger partial charge >= 0.3 is 0 Å². The van der Waals surface area contributed by atoms with E-state index in [1.807, 2.05) is 42.5 Å². The molecule has 24 heavy (non-hydrogen) atoms. The van der Waals surface area contributed by atoms with Crippen LogP contribution in [-0.2, 0) is 6.61 Å². The maximum Gasteiger partial charge on any atom is 0.133 e. The molecule has 120 valence electrons. The number of imidazole rings is 1. The van der Waals surface area contributed by atoms with E-state index in [0.717, 1.165) is 38.9 Å². The summed E-state index contributed by atoms with van der Waals surface area (Å²) in [7, 11) is 1.67. The van der Waals surface area contributed by atoms with E-state index in [4.69, 9.17) is 9.84 Å². The monoisotopic (exact) mass is 319 g/mol. The highest BCUT2D eigenvalue weighted by Crippen LogP contribution is 2.26. The van der Waals surface area contributed by atoms with Crippen LogP contribution in [0.5, 0.6) is 5.75 Å². The van der Waals surface area contributed by atoms with Crippen LogP contribution in [0.2, 0.25) is 0 Å². The maximum absolute atomic E-state index is 9.16. The average molecular weight is 319 g/mol. The third-order valence-electron chi connectivity index (χ3n) is 4.02. The number of anilines is 2. The lowest BCUT2D eigenvalue weighted by molar-refractivity contribution is 0.273. The van der Waals surface area contributed by atoms with Gasteiger partial charge in [0.2, 0.25) is 0 Å². The molecule has 0 saturated carbocycles. The second-order valence-corrected chi connectivity index (χ2v) is 5.63. The number of rotatable bonds is 4. The van der Waals surface area contributed by atoms with Gasteiger partial charge in [-0.05, 0) is 53.2 Å². The summed E-state index contributed by atoms with van der Waals surface area (Å²) in [5.74, 6) is 1.43. The first-order valence-electron chi connectivity index (χ1n) is 7.69. The van der Waals surface area contributed by atoms with Crippen molar-refractivity contribution < 1.29 is 9.84 Å². The molecule has 3 N–H and O–H groups in total. The van der Waals surface area contributed by atoms with Gasteiger partial charge in [0.1, 0.15) is 18.2 Å². The first-order chi connectivity index (χ1) is 11.7. The zero-order valence-electron chi connectivity index (χ0n) is 13.2. The van der Waals surface area contributed by atoms with Crippen LogP contribution in [0.1, 0.15) is 5.82 Å². The number of nitrogens with zero attached hydrogens (tertiary/aromatic N) is 1. The molecule has 0 amide bonds. The number of aromatic nitrogens is 2. The number of hydrogen-bond acceptors (Lipinski definition) is 4. The van der Waals surface area contributed by atoms with E-state index in [9.17, 15) is 0 Å². The molecule has 0 unspecified atom stereocenters. The highest BCUT2D eigenvalue weighted by molar-refractivity contribution is 5.88. The van der Waals surface area contributed by atoms with E-state index >= 15 is 0 Å². The van der Waals surface area contributed by atoms with Gasteiger partial charge in [0, 0.05) is 11.4 Å². The second kappa shape index (κ2) is 5.86. The van der Waals surface area contributed by atoms with E-state index in [-0.39, 0.29) is 6.61 Å². The van der Waals surface area contributed by atoms with Gasteiger partial charge in [-0.2, -0.15) is 0 Å². The summed E-state index contributed by atoms with van der Waals surface area (Å²) in [4.78, 5) is 7.39. The molecule has 0 bridgehead atoms. The fraction of sp³-hybridized carbons (Fsp3) is 0.105. The zero-order chi connectivity index (χ0) is 16.5. The first kappa shape index (κ1) is 14.5. The molecule has 1 heterocycles. The predicted octanol–water partition coefficient (Wildman–Crippen LogP) is 3.96. The van der Waals surface area contributed by atoms with Crippen molar-refractivity contribution in [1.29, 1.82) is 0 Å². The average Bonchev–Trinajstić information content (AvgIpc) is 3.03. The number of benzene rings is 3. The Labute approximate surface area is 138 Å². The van der Waals surface area contributed by atoms with Crippen LogP contribution in [0.15, 0.2) is 54.6 Å². The Balaban J connectivity index is 1.65. The highest BCUT2D eigenvalue weighted by Gasteiger charge is 2.04. The Morgan fingerprint density at radius 1 is 1.00 bits per heavy atom. The summed E-state index contributed by atoms with van der Waals surface area (Å²) in [5.41, 5.74) is 3.71. The zero-order valence-corrected chi connectivity index (χ0v) is 13.2. The summed E-state index contributed by atoms with van der Waals surface area (Å²) >= 11 is 0. The standard InChI is InChI=1S/C19H17N3O2/c1-24-16-6-3-12-8-14(4-2-13(12)9-16)20-15-5-7-17-18(10-15)22-19(11-23)21-17/h2-10,20,23H,11H2,1H3,(H,21,22). The number of methoxy groups -OCH3 is 1. The molecular formula is C19H17N3O2. The Morgan fingerprint density at radius 2 is 1.75 bits per heavy atom. The number of aromatic amines is 1. The van der Waals surface area contributed by atoms with Crippen LogP contribution in [0.3, 0.4) is 0 Å². The van der Waals surface area contributed by atoms with Crippen molar-refractivity contribution in [2.45, 2.75) is 6.61 Å². The van der Waals surface area contributed by atoms with Gasteiger partial charge in [-0.25, -0.2) is 4.98 Å². The summed E-state index contributed by atoms with van der Waals surface area (Å²) in [6, 6.07) is 18.1. The lowest BCUT2D eigenvalue weighted by Crippen LogP contribution is -1.90. The largest absolute Gasteiger partial charge is 0.497 e. The molecule has 5 nitrogen and oxygen atoms in total. The number of nitrogens with one attached hydrogen (secondary N) is 2. The van der Waals surface area contributed by atoms with Gasteiger partial charge in [-0.3, -0.25) is 0 Å². The fourth-order valence-electron chi connectivity index (χ4n) is 2.81. The second-order valence-electron chi connectivity index (χ2n) is 5.63. The minimum Gasteiger partial charge on any atom is -0.497 e. The number of ether oxygens (including phenoxy) is 1. The molecule has 5 heteroatoms. The number of fused-ring (bicyclic) bond motifs is 2. The van der Waals surface area contributed by atoms with Gasteiger partial charge in [-0.1, -0.05) is 12.1 Å². The summed E-state index contributed by atoms with van der Waals surface area (Å²) in [6.07, 6.45) is 0. The van der Waals surface area contributed by atoms with E-state index < -0.39 is 0 Å². The van der Waals surface area contributed by atoms with Crippen LogP contribution in [-0.4, -0.2) is 22.2 Å². The van der Waals surface area contributed by atoms with Gasteiger partial charge in [0.25, 0.3) is 0 Å². The molecule has 0 radical (unpaired) electrons. The van der Waals surface area contributed by atoms with Gasteiger partial charge in [-0.15, -0.1) is 0 Å². The topological polar surface area (TPSA) is 70.2 Å². The van der Waals surface area contributed by atoms with Crippen molar-refractivity contribution >= 4 is 33.2 Å². The predicted molar refractivity (Wildman–Crippen MR) is 95.8 cm³/mol. The summed E-state index contributed by atoms with van der Waals surface area (Å²) in [6.45, 7) is -0.0917. The maximum atomic E-state index is 9.16.